The molecule has 52 valence electrons. The third kappa shape index (κ3) is 5.07. The molecule has 0 aromatic heterocycles. The summed E-state index contributed by atoms with van der Waals surface area (Å²) in [6, 6.07) is 0. The summed E-state index contributed by atoms with van der Waals surface area (Å²) in [4.78, 5) is 9.97. The van der Waals surface area contributed by atoms with Crippen LogP contribution in [0.15, 0.2) is 11.8 Å². The van der Waals surface area contributed by atoms with Gasteiger partial charge in [-0.05, 0) is 20.8 Å². The lowest BCUT2D eigenvalue weighted by Gasteiger charge is -2.02. The average molecular weight is 128 g/mol. The summed E-state index contributed by atoms with van der Waals surface area (Å²) in [6.45, 7) is 5.53. The maximum atomic E-state index is 9.97. The summed E-state index contributed by atoms with van der Waals surface area (Å²) < 4.78 is 5.00. The van der Waals surface area contributed by atoms with E-state index in [1.807, 2.05) is 13.8 Å². The molecular weight excluding hydrogens is 116 g/mol. The largest absolute Gasteiger partial charge is 0.498 e. The monoisotopic (exact) mass is 128 g/mol. The van der Waals surface area contributed by atoms with E-state index in [-0.39, 0.29) is 6.10 Å². The Balaban J connectivity index is 3.56. The summed E-state index contributed by atoms with van der Waals surface area (Å²) in [5.41, 5.74) is 0.615. The lowest BCUT2D eigenvalue weighted by Crippen LogP contribution is -1.96. The molecule has 0 spiro atoms. The van der Waals surface area contributed by atoms with Gasteiger partial charge < -0.3 is 4.74 Å². The van der Waals surface area contributed by atoms with Crippen molar-refractivity contribution >= 4 is 6.29 Å². The second-order valence-corrected chi connectivity index (χ2v) is 2.16. The first-order valence-electron chi connectivity index (χ1n) is 2.94. The van der Waals surface area contributed by atoms with Crippen molar-refractivity contribution in [3.63, 3.8) is 0 Å². The van der Waals surface area contributed by atoms with Crippen LogP contribution in [0.3, 0.4) is 0 Å². The Hall–Kier alpha value is -0.790. The zero-order valence-electron chi connectivity index (χ0n) is 6.05. The van der Waals surface area contributed by atoms with E-state index in [1.54, 1.807) is 6.92 Å². The standard InChI is InChI=1S/C7H12O2/c1-6(2)9-5-7(3)4-8/h4-6H,1-3H3/b7-5-. The van der Waals surface area contributed by atoms with E-state index in [4.69, 9.17) is 4.74 Å². The smallest absolute Gasteiger partial charge is 0.148 e. The number of carbonyl (C=O) groups excluding carboxylic acids is 1. The first kappa shape index (κ1) is 8.21. The molecule has 0 saturated heterocycles. The predicted octanol–water partition coefficient (Wildman–Crippen LogP) is 1.51. The third-order valence-electron chi connectivity index (χ3n) is 0.712. The van der Waals surface area contributed by atoms with Crippen molar-refractivity contribution < 1.29 is 9.53 Å². The lowest BCUT2D eigenvalue weighted by atomic mass is 10.4. The molecule has 0 saturated carbocycles. The minimum atomic E-state index is 0.153. The molecule has 0 heterocycles. The fraction of sp³-hybridized carbons (Fsp3) is 0.571. The summed E-state index contributed by atoms with van der Waals surface area (Å²) >= 11 is 0. The van der Waals surface area contributed by atoms with E-state index in [0.29, 0.717) is 5.57 Å². The van der Waals surface area contributed by atoms with Crippen LogP contribution in [0, 0.1) is 0 Å². The Labute approximate surface area is 55.5 Å². The van der Waals surface area contributed by atoms with Crippen molar-refractivity contribution in [2.45, 2.75) is 26.9 Å². The molecule has 0 N–H and O–H groups in total. The third-order valence-corrected chi connectivity index (χ3v) is 0.712. The molecule has 2 nitrogen and oxygen atoms in total. The van der Waals surface area contributed by atoms with Gasteiger partial charge in [0.15, 0.2) is 0 Å². The van der Waals surface area contributed by atoms with Crippen LogP contribution in [0.1, 0.15) is 20.8 Å². The van der Waals surface area contributed by atoms with Gasteiger partial charge >= 0.3 is 0 Å². The molecule has 0 aliphatic carbocycles. The van der Waals surface area contributed by atoms with Crippen molar-refractivity contribution in [3.8, 4) is 0 Å². The van der Waals surface area contributed by atoms with Gasteiger partial charge in [0.05, 0.1) is 12.4 Å². The Morgan fingerprint density at radius 1 is 1.56 bits per heavy atom. The normalized spacial score (nSPS) is 11.8. The molecule has 0 aromatic carbocycles. The van der Waals surface area contributed by atoms with Crippen molar-refractivity contribution in [1.82, 2.24) is 0 Å². The zero-order valence-corrected chi connectivity index (χ0v) is 6.05. The summed E-state index contributed by atoms with van der Waals surface area (Å²) in [5, 5.41) is 0. The molecule has 0 unspecified atom stereocenters. The maximum absolute atomic E-state index is 9.97. The van der Waals surface area contributed by atoms with E-state index in [9.17, 15) is 4.79 Å². The van der Waals surface area contributed by atoms with Crippen LogP contribution in [0.2, 0.25) is 0 Å². The minimum Gasteiger partial charge on any atom is -0.498 e. The Kier molecular flexibility index (Phi) is 3.76. The van der Waals surface area contributed by atoms with E-state index >= 15 is 0 Å². The Morgan fingerprint density at radius 2 is 2.11 bits per heavy atom. The molecule has 0 radical (unpaired) electrons. The number of allylic oxidation sites excluding steroid dienone is 1. The molecule has 9 heavy (non-hydrogen) atoms. The van der Waals surface area contributed by atoms with Gasteiger partial charge in [0.25, 0.3) is 0 Å². The van der Waals surface area contributed by atoms with Crippen molar-refractivity contribution in [1.29, 1.82) is 0 Å². The van der Waals surface area contributed by atoms with Crippen molar-refractivity contribution in [2.24, 2.45) is 0 Å². The fourth-order valence-corrected chi connectivity index (χ4v) is 0.271. The van der Waals surface area contributed by atoms with Gasteiger partial charge in [0.1, 0.15) is 6.29 Å². The predicted molar refractivity (Wildman–Crippen MR) is 36.0 cm³/mol. The van der Waals surface area contributed by atoms with Gasteiger partial charge in [-0.1, -0.05) is 0 Å². The molecule has 0 aromatic rings. The van der Waals surface area contributed by atoms with E-state index < -0.39 is 0 Å². The Bertz CT molecular complexity index is 114. The number of rotatable bonds is 3. The van der Waals surface area contributed by atoms with Gasteiger partial charge in [-0.15, -0.1) is 0 Å². The van der Waals surface area contributed by atoms with E-state index in [1.165, 1.54) is 6.26 Å². The summed E-state index contributed by atoms with van der Waals surface area (Å²) in [6.07, 6.45) is 2.39. The molecule has 0 atom stereocenters. The highest BCUT2D eigenvalue weighted by Crippen LogP contribution is 1.92. The van der Waals surface area contributed by atoms with Gasteiger partial charge in [0, 0.05) is 5.57 Å². The highest BCUT2D eigenvalue weighted by Gasteiger charge is 1.87. The highest BCUT2D eigenvalue weighted by atomic mass is 16.5. The molecule has 0 amide bonds. The number of ether oxygens (including phenoxy) is 1. The second-order valence-electron chi connectivity index (χ2n) is 2.16. The topological polar surface area (TPSA) is 26.3 Å². The molecule has 0 fully saturated rings. The SMILES string of the molecule is C/C(C=O)=C/OC(C)C. The number of hydrogen-bond donors (Lipinski definition) is 0. The van der Waals surface area contributed by atoms with Gasteiger partial charge in [0.2, 0.25) is 0 Å². The van der Waals surface area contributed by atoms with Crippen LogP contribution < -0.4 is 0 Å². The average Bonchev–Trinajstić information content (AvgIpc) is 1.83. The number of hydrogen-bond acceptors (Lipinski definition) is 2. The number of aldehydes is 1. The van der Waals surface area contributed by atoms with Crippen LogP contribution in [0.4, 0.5) is 0 Å². The van der Waals surface area contributed by atoms with Crippen LogP contribution in [0.25, 0.3) is 0 Å². The van der Waals surface area contributed by atoms with Gasteiger partial charge in [-0.2, -0.15) is 0 Å². The van der Waals surface area contributed by atoms with Gasteiger partial charge in [-0.25, -0.2) is 0 Å². The van der Waals surface area contributed by atoms with Crippen LogP contribution in [-0.4, -0.2) is 12.4 Å². The molecule has 0 aliphatic heterocycles. The van der Waals surface area contributed by atoms with E-state index in [2.05, 4.69) is 0 Å². The molecule has 2 heteroatoms. The van der Waals surface area contributed by atoms with E-state index in [0.717, 1.165) is 6.29 Å². The van der Waals surface area contributed by atoms with Crippen molar-refractivity contribution in [3.05, 3.63) is 11.8 Å². The molecular formula is C7H12O2. The second kappa shape index (κ2) is 4.13. The van der Waals surface area contributed by atoms with Gasteiger partial charge in [-0.3, -0.25) is 4.79 Å². The first-order chi connectivity index (χ1) is 4.16. The number of carbonyl (C=O) groups is 1. The van der Waals surface area contributed by atoms with Crippen LogP contribution in [0.5, 0.6) is 0 Å². The highest BCUT2D eigenvalue weighted by molar-refractivity contribution is 5.71. The zero-order chi connectivity index (χ0) is 7.28. The summed E-state index contributed by atoms with van der Waals surface area (Å²) in [7, 11) is 0. The van der Waals surface area contributed by atoms with Crippen LogP contribution in [-0.2, 0) is 9.53 Å². The quantitative estimate of drug-likeness (QED) is 0.327. The first-order valence-corrected chi connectivity index (χ1v) is 2.94. The Morgan fingerprint density at radius 3 is 2.44 bits per heavy atom. The van der Waals surface area contributed by atoms with Crippen molar-refractivity contribution in [2.75, 3.05) is 0 Å². The lowest BCUT2D eigenvalue weighted by molar-refractivity contribution is -0.105. The molecule has 0 aliphatic rings. The minimum absolute atomic E-state index is 0.153. The maximum Gasteiger partial charge on any atom is 0.148 e. The fourth-order valence-electron chi connectivity index (χ4n) is 0.271. The molecule has 0 rings (SSSR count). The molecule has 0 bridgehead atoms. The van der Waals surface area contributed by atoms with Crippen LogP contribution >= 0.6 is 0 Å². The summed E-state index contributed by atoms with van der Waals surface area (Å²) in [5.74, 6) is 0.